The first-order chi connectivity index (χ1) is 6.74. The van der Waals surface area contributed by atoms with Crippen LogP contribution < -0.4 is 5.73 Å². The Hall–Kier alpha value is -1.04. The second-order valence-corrected chi connectivity index (χ2v) is 4.06. The molecule has 0 unspecified atom stereocenters. The molecule has 0 bridgehead atoms. The molecule has 1 atom stereocenters. The van der Waals surface area contributed by atoms with Crippen LogP contribution >= 0.6 is 11.6 Å². The Morgan fingerprint density at radius 2 is 2.21 bits per heavy atom. The lowest BCUT2D eigenvalue weighted by atomic mass is 10.0. The Morgan fingerprint density at radius 3 is 2.79 bits per heavy atom. The third-order valence-electron chi connectivity index (χ3n) is 2.64. The van der Waals surface area contributed by atoms with E-state index in [9.17, 15) is 0 Å². The average Bonchev–Trinajstić information content (AvgIpc) is 3.00. The van der Waals surface area contributed by atoms with E-state index in [1.54, 1.807) is 6.07 Å². The molecule has 72 valence electrons. The van der Waals surface area contributed by atoms with Crippen LogP contribution in [0.5, 0.6) is 0 Å². The predicted octanol–water partition coefficient (Wildman–Crippen LogP) is 2.62. The molecule has 0 radical (unpaired) electrons. The Balaban J connectivity index is 2.37. The largest absolute Gasteiger partial charge is 0.324 e. The summed E-state index contributed by atoms with van der Waals surface area (Å²) in [6, 6.07) is 7.52. The van der Waals surface area contributed by atoms with Crippen molar-refractivity contribution in [2.75, 3.05) is 0 Å². The highest BCUT2D eigenvalue weighted by Crippen LogP contribution is 2.41. The molecular weight excluding hydrogens is 196 g/mol. The van der Waals surface area contributed by atoms with E-state index in [-0.39, 0.29) is 6.04 Å². The van der Waals surface area contributed by atoms with Crippen LogP contribution in [0.2, 0.25) is 5.02 Å². The molecule has 0 saturated heterocycles. The molecule has 1 fully saturated rings. The molecule has 3 heteroatoms. The van der Waals surface area contributed by atoms with E-state index in [2.05, 4.69) is 6.07 Å². The first-order valence-electron chi connectivity index (χ1n) is 4.68. The van der Waals surface area contributed by atoms with Crippen LogP contribution in [-0.4, -0.2) is 0 Å². The number of nitrogens with two attached hydrogens (primary N) is 1. The molecule has 1 aliphatic carbocycles. The van der Waals surface area contributed by atoms with Crippen molar-refractivity contribution >= 4 is 11.6 Å². The molecule has 2 nitrogen and oxygen atoms in total. The Labute approximate surface area is 88.3 Å². The lowest BCUT2D eigenvalue weighted by Gasteiger charge is -2.12. The monoisotopic (exact) mass is 206 g/mol. The molecule has 1 aromatic rings. The molecule has 1 aromatic carbocycles. The van der Waals surface area contributed by atoms with E-state index in [1.165, 1.54) is 12.8 Å². The summed E-state index contributed by atoms with van der Waals surface area (Å²) in [4.78, 5) is 0. The van der Waals surface area contributed by atoms with E-state index in [1.807, 2.05) is 12.1 Å². The van der Waals surface area contributed by atoms with Crippen LogP contribution in [0.25, 0.3) is 0 Å². The normalized spacial score (nSPS) is 17.5. The summed E-state index contributed by atoms with van der Waals surface area (Å²) in [5, 5.41) is 9.33. The summed E-state index contributed by atoms with van der Waals surface area (Å²) in [6.45, 7) is 0. The molecule has 0 aromatic heterocycles. The van der Waals surface area contributed by atoms with Gasteiger partial charge in [-0.2, -0.15) is 5.26 Å². The van der Waals surface area contributed by atoms with Gasteiger partial charge in [-0.15, -0.1) is 0 Å². The fourth-order valence-corrected chi connectivity index (χ4v) is 1.90. The van der Waals surface area contributed by atoms with Crippen molar-refractivity contribution in [3.63, 3.8) is 0 Å². The first-order valence-corrected chi connectivity index (χ1v) is 5.06. The van der Waals surface area contributed by atoms with Gasteiger partial charge in [-0.3, -0.25) is 0 Å². The van der Waals surface area contributed by atoms with Crippen molar-refractivity contribution in [1.29, 1.82) is 5.26 Å². The fraction of sp³-hybridized carbons (Fsp3) is 0.364. The van der Waals surface area contributed by atoms with Gasteiger partial charge in [-0.05, 0) is 30.4 Å². The van der Waals surface area contributed by atoms with Gasteiger partial charge in [-0.1, -0.05) is 23.7 Å². The summed E-state index contributed by atoms with van der Waals surface area (Å²) in [6.07, 6.45) is 2.35. The van der Waals surface area contributed by atoms with Crippen LogP contribution in [0, 0.1) is 17.2 Å². The highest BCUT2D eigenvalue weighted by Gasteiger charge is 2.30. The third-order valence-corrected chi connectivity index (χ3v) is 3.06. The Bertz CT molecular complexity index is 391. The van der Waals surface area contributed by atoms with Gasteiger partial charge in [-0.25, -0.2) is 0 Å². The van der Waals surface area contributed by atoms with Crippen LogP contribution in [-0.2, 0) is 0 Å². The molecule has 1 saturated carbocycles. The van der Waals surface area contributed by atoms with E-state index in [0.717, 1.165) is 5.56 Å². The highest BCUT2D eigenvalue weighted by atomic mass is 35.5. The topological polar surface area (TPSA) is 49.8 Å². The second-order valence-electron chi connectivity index (χ2n) is 3.68. The molecule has 0 heterocycles. The van der Waals surface area contributed by atoms with Gasteiger partial charge in [0.25, 0.3) is 0 Å². The standard InChI is InChI=1S/C11H11ClN2/c12-10-8(6-13)2-1-3-9(10)11(14)7-4-5-7/h1-3,7,11H,4-5,14H2/t11-/m1/s1. The van der Waals surface area contributed by atoms with E-state index in [0.29, 0.717) is 16.5 Å². The van der Waals surface area contributed by atoms with Crippen molar-refractivity contribution in [2.45, 2.75) is 18.9 Å². The minimum atomic E-state index is -0.00389. The molecule has 2 rings (SSSR count). The number of nitriles is 1. The molecule has 14 heavy (non-hydrogen) atoms. The van der Waals surface area contributed by atoms with Crippen molar-refractivity contribution in [3.05, 3.63) is 34.3 Å². The van der Waals surface area contributed by atoms with Gasteiger partial charge in [0, 0.05) is 6.04 Å². The molecule has 2 N–H and O–H groups in total. The van der Waals surface area contributed by atoms with Gasteiger partial charge in [0.05, 0.1) is 10.6 Å². The molecule has 1 aliphatic rings. The smallest absolute Gasteiger partial charge is 0.101 e. The zero-order valence-corrected chi connectivity index (χ0v) is 8.46. The van der Waals surface area contributed by atoms with Gasteiger partial charge < -0.3 is 5.73 Å². The number of halogens is 1. The number of hydrogen-bond acceptors (Lipinski definition) is 2. The second kappa shape index (κ2) is 3.61. The highest BCUT2D eigenvalue weighted by molar-refractivity contribution is 6.32. The summed E-state index contributed by atoms with van der Waals surface area (Å²) >= 11 is 6.07. The predicted molar refractivity (Wildman–Crippen MR) is 55.8 cm³/mol. The summed E-state index contributed by atoms with van der Waals surface area (Å²) in [5.74, 6) is 0.557. The number of benzene rings is 1. The third kappa shape index (κ3) is 1.61. The first kappa shape index (κ1) is 9.51. The zero-order valence-electron chi connectivity index (χ0n) is 7.70. The van der Waals surface area contributed by atoms with Crippen LogP contribution in [0.1, 0.15) is 30.0 Å². The average molecular weight is 207 g/mol. The van der Waals surface area contributed by atoms with Crippen LogP contribution in [0.15, 0.2) is 18.2 Å². The van der Waals surface area contributed by atoms with Gasteiger partial charge in [0.2, 0.25) is 0 Å². The van der Waals surface area contributed by atoms with E-state index < -0.39 is 0 Å². The fourth-order valence-electron chi connectivity index (χ4n) is 1.60. The number of rotatable bonds is 2. The number of nitrogens with zero attached hydrogens (tertiary/aromatic N) is 1. The molecule has 0 aliphatic heterocycles. The van der Waals surface area contributed by atoms with Crippen LogP contribution in [0.3, 0.4) is 0 Å². The maximum atomic E-state index is 8.80. The molecular formula is C11H11ClN2. The van der Waals surface area contributed by atoms with Crippen molar-refractivity contribution in [2.24, 2.45) is 11.7 Å². The minimum absolute atomic E-state index is 0.00389. The minimum Gasteiger partial charge on any atom is -0.324 e. The SMILES string of the molecule is N#Cc1cccc([C@H](N)C2CC2)c1Cl. The van der Waals surface area contributed by atoms with E-state index in [4.69, 9.17) is 22.6 Å². The maximum Gasteiger partial charge on any atom is 0.101 e. The van der Waals surface area contributed by atoms with Gasteiger partial charge in [0.1, 0.15) is 6.07 Å². The molecule has 0 spiro atoms. The summed E-state index contributed by atoms with van der Waals surface area (Å²) in [7, 11) is 0. The zero-order chi connectivity index (χ0) is 10.1. The quantitative estimate of drug-likeness (QED) is 0.809. The van der Waals surface area contributed by atoms with E-state index >= 15 is 0 Å². The Kier molecular flexibility index (Phi) is 2.45. The maximum absolute atomic E-state index is 8.80. The lowest BCUT2D eigenvalue weighted by molar-refractivity contribution is 0.633. The number of hydrogen-bond donors (Lipinski definition) is 1. The van der Waals surface area contributed by atoms with Crippen molar-refractivity contribution < 1.29 is 0 Å². The Morgan fingerprint density at radius 1 is 1.50 bits per heavy atom. The molecule has 0 amide bonds. The summed E-state index contributed by atoms with van der Waals surface area (Å²) < 4.78 is 0. The van der Waals surface area contributed by atoms with Crippen molar-refractivity contribution in [1.82, 2.24) is 0 Å². The van der Waals surface area contributed by atoms with Crippen LogP contribution in [0.4, 0.5) is 0 Å². The van der Waals surface area contributed by atoms with Gasteiger partial charge in [0.15, 0.2) is 0 Å². The van der Waals surface area contributed by atoms with Gasteiger partial charge >= 0.3 is 0 Å². The van der Waals surface area contributed by atoms with Crippen molar-refractivity contribution in [3.8, 4) is 6.07 Å². The lowest BCUT2D eigenvalue weighted by Crippen LogP contribution is -2.13. The summed E-state index contributed by atoms with van der Waals surface area (Å²) in [5.41, 5.74) is 7.46.